The third-order valence-electron chi connectivity index (χ3n) is 6.19. The maximum absolute atomic E-state index is 13.7. The summed E-state index contributed by atoms with van der Waals surface area (Å²) in [5.41, 5.74) is 0.839. The topological polar surface area (TPSA) is 111 Å². The van der Waals surface area contributed by atoms with Crippen LogP contribution in [0.2, 0.25) is 0 Å². The van der Waals surface area contributed by atoms with Crippen LogP contribution in [-0.2, 0) is 14.4 Å². The number of hydrogen-bond donors (Lipinski definition) is 0. The zero-order valence-electron chi connectivity index (χ0n) is 18.9. The van der Waals surface area contributed by atoms with Crippen molar-refractivity contribution in [2.45, 2.75) is 12.1 Å². The van der Waals surface area contributed by atoms with Gasteiger partial charge in [0, 0.05) is 0 Å². The number of ether oxygens (including phenoxy) is 2. The summed E-state index contributed by atoms with van der Waals surface area (Å²) >= 11 is 0. The maximum atomic E-state index is 13.7. The van der Waals surface area contributed by atoms with E-state index in [2.05, 4.69) is 0 Å². The fourth-order valence-corrected chi connectivity index (χ4v) is 4.64. The van der Waals surface area contributed by atoms with E-state index in [1.165, 1.54) is 31.4 Å². The van der Waals surface area contributed by atoms with E-state index < -0.39 is 34.8 Å². The summed E-state index contributed by atoms with van der Waals surface area (Å²) < 4.78 is 10.6. The van der Waals surface area contributed by atoms with E-state index in [1.807, 2.05) is 6.07 Å². The number of hydroxylamine groups is 1. The van der Waals surface area contributed by atoms with Gasteiger partial charge >= 0.3 is 0 Å². The van der Waals surface area contributed by atoms with Crippen molar-refractivity contribution in [1.29, 1.82) is 0 Å². The first-order valence-corrected chi connectivity index (χ1v) is 10.8. The number of amides is 2. The Labute approximate surface area is 200 Å². The summed E-state index contributed by atoms with van der Waals surface area (Å²) in [4.78, 5) is 45.8. The number of benzene rings is 3. The second-order valence-corrected chi connectivity index (χ2v) is 8.03. The summed E-state index contributed by atoms with van der Waals surface area (Å²) in [6.07, 6.45) is -1.15. The summed E-state index contributed by atoms with van der Waals surface area (Å²) in [5, 5.41) is 13.5. The molecule has 0 saturated carbocycles. The van der Waals surface area contributed by atoms with Gasteiger partial charge in [0.15, 0.2) is 17.6 Å². The fourth-order valence-electron chi connectivity index (χ4n) is 4.64. The molecule has 5 rings (SSSR count). The Morgan fingerprint density at radius 3 is 2.00 bits per heavy atom. The molecule has 3 aromatic carbocycles. The molecule has 0 aliphatic carbocycles. The highest BCUT2D eigenvalue weighted by atomic mass is 16.7. The van der Waals surface area contributed by atoms with E-state index in [9.17, 15) is 19.7 Å². The Bertz CT molecular complexity index is 1300. The van der Waals surface area contributed by atoms with Gasteiger partial charge in [0.25, 0.3) is 11.6 Å². The number of nitro benzene ring substituents is 1. The third kappa shape index (κ3) is 3.55. The van der Waals surface area contributed by atoms with Gasteiger partial charge in [0.2, 0.25) is 5.91 Å². The van der Waals surface area contributed by atoms with Gasteiger partial charge in [-0.3, -0.25) is 24.5 Å². The van der Waals surface area contributed by atoms with Crippen molar-refractivity contribution in [3.05, 3.63) is 88.5 Å². The molecule has 3 atom stereocenters. The Morgan fingerprint density at radius 2 is 1.43 bits per heavy atom. The zero-order chi connectivity index (χ0) is 24.7. The van der Waals surface area contributed by atoms with Gasteiger partial charge in [-0.1, -0.05) is 36.4 Å². The number of carbonyl (C=O) groups excluding carboxylic acids is 2. The number of anilines is 2. The van der Waals surface area contributed by atoms with Gasteiger partial charge in [-0.25, -0.2) is 9.96 Å². The summed E-state index contributed by atoms with van der Waals surface area (Å²) in [6, 6.07) is 19.1. The van der Waals surface area contributed by atoms with Crippen LogP contribution >= 0.6 is 0 Å². The normalized spacial score (nSPS) is 21.3. The highest BCUT2D eigenvalue weighted by Crippen LogP contribution is 2.51. The monoisotopic (exact) mass is 475 g/mol. The maximum Gasteiger partial charge on any atom is 0.278 e. The lowest BCUT2D eigenvalue weighted by molar-refractivity contribution is -0.385. The number of imide groups is 1. The van der Waals surface area contributed by atoms with E-state index in [4.69, 9.17) is 14.3 Å². The molecule has 2 aliphatic rings. The first-order valence-electron chi connectivity index (χ1n) is 10.8. The molecule has 10 nitrogen and oxygen atoms in total. The average molecular weight is 475 g/mol. The smallest absolute Gasteiger partial charge is 0.278 e. The van der Waals surface area contributed by atoms with Gasteiger partial charge in [-0.15, -0.1) is 0 Å². The molecular weight excluding hydrogens is 454 g/mol. The Balaban J connectivity index is 1.69. The molecule has 2 saturated heterocycles. The Morgan fingerprint density at radius 1 is 0.857 bits per heavy atom. The highest BCUT2D eigenvalue weighted by molar-refractivity contribution is 6.24. The van der Waals surface area contributed by atoms with Crippen LogP contribution in [0, 0.1) is 16.0 Å². The second-order valence-electron chi connectivity index (χ2n) is 8.03. The highest BCUT2D eigenvalue weighted by Gasteiger charge is 2.61. The minimum Gasteiger partial charge on any atom is -0.493 e. The van der Waals surface area contributed by atoms with Crippen molar-refractivity contribution in [3.8, 4) is 11.5 Å². The van der Waals surface area contributed by atoms with Gasteiger partial charge in [-0.2, -0.15) is 0 Å². The van der Waals surface area contributed by atoms with Crippen molar-refractivity contribution >= 4 is 28.9 Å². The molecule has 2 heterocycles. The predicted molar refractivity (Wildman–Crippen MR) is 125 cm³/mol. The van der Waals surface area contributed by atoms with Crippen molar-refractivity contribution in [2.75, 3.05) is 24.2 Å². The average Bonchev–Trinajstić information content (AvgIpc) is 3.39. The standard InChI is InChI=1S/C25H21N3O7/c1-33-19-13-17(18(28(31)32)14-20(19)34-2)22-21-23(35-27(22)16-11-7-4-8-12-16)25(30)26(24(21)29)15-9-5-3-6-10-15/h3-14,21-23H,1-2H3/t21-,22+,23-/m0/s1. The third-order valence-corrected chi connectivity index (χ3v) is 6.19. The van der Waals surface area contributed by atoms with Crippen LogP contribution in [0.25, 0.3) is 0 Å². The molecule has 178 valence electrons. The summed E-state index contributed by atoms with van der Waals surface area (Å²) in [6.45, 7) is 0. The van der Waals surface area contributed by atoms with E-state index in [1.54, 1.807) is 54.6 Å². The summed E-state index contributed by atoms with van der Waals surface area (Å²) in [7, 11) is 2.79. The van der Waals surface area contributed by atoms with Crippen molar-refractivity contribution in [1.82, 2.24) is 0 Å². The molecule has 2 fully saturated rings. The van der Waals surface area contributed by atoms with Gasteiger partial charge in [0.05, 0.1) is 42.1 Å². The minimum absolute atomic E-state index is 0.167. The van der Waals surface area contributed by atoms with E-state index >= 15 is 0 Å². The Hall–Kier alpha value is -4.44. The van der Waals surface area contributed by atoms with Crippen molar-refractivity contribution in [2.24, 2.45) is 5.92 Å². The number of para-hydroxylation sites is 2. The largest absolute Gasteiger partial charge is 0.493 e. The molecule has 2 aliphatic heterocycles. The molecule has 0 N–H and O–H groups in total. The summed E-state index contributed by atoms with van der Waals surface area (Å²) in [5.74, 6) is -1.64. The number of methoxy groups -OCH3 is 2. The molecule has 3 aromatic rings. The van der Waals surface area contributed by atoms with Crippen LogP contribution < -0.4 is 19.4 Å². The predicted octanol–water partition coefficient (Wildman–Crippen LogP) is 3.66. The lowest BCUT2D eigenvalue weighted by Crippen LogP contribution is -2.37. The van der Waals surface area contributed by atoms with E-state index in [0.29, 0.717) is 11.4 Å². The molecule has 2 amide bonds. The lowest BCUT2D eigenvalue weighted by atomic mass is 9.89. The second kappa shape index (κ2) is 8.73. The SMILES string of the molecule is COc1cc([C@@H]2[C@@H]3C(=O)N(c4ccccc4)C(=O)[C@H]3ON2c2ccccc2)c([N+](=O)[O-])cc1OC. The van der Waals surface area contributed by atoms with E-state index in [0.717, 1.165) is 4.90 Å². The first kappa shape index (κ1) is 22.4. The van der Waals surface area contributed by atoms with Crippen LogP contribution in [0.5, 0.6) is 11.5 Å². The number of hydrogen-bond acceptors (Lipinski definition) is 8. The number of nitro groups is 1. The molecule has 10 heteroatoms. The minimum atomic E-state index is -1.15. The first-order chi connectivity index (χ1) is 17.0. The molecule has 0 unspecified atom stereocenters. The van der Waals surface area contributed by atoms with Crippen molar-refractivity contribution in [3.63, 3.8) is 0 Å². The number of carbonyl (C=O) groups is 2. The molecule has 0 aromatic heterocycles. The molecule has 0 bridgehead atoms. The lowest BCUT2D eigenvalue weighted by Gasteiger charge is -2.28. The van der Waals surface area contributed by atoms with E-state index in [-0.39, 0.29) is 22.7 Å². The number of nitrogens with zero attached hydrogens (tertiary/aromatic N) is 3. The molecule has 0 spiro atoms. The quantitative estimate of drug-likeness (QED) is 0.302. The van der Waals surface area contributed by atoms with Crippen LogP contribution in [0.15, 0.2) is 72.8 Å². The molecule has 0 radical (unpaired) electrons. The van der Waals surface area contributed by atoms with Crippen LogP contribution in [-0.4, -0.2) is 37.1 Å². The molecule has 35 heavy (non-hydrogen) atoms. The number of rotatable bonds is 6. The van der Waals surface area contributed by atoms with Crippen molar-refractivity contribution < 1.29 is 28.8 Å². The van der Waals surface area contributed by atoms with Gasteiger partial charge < -0.3 is 9.47 Å². The zero-order valence-corrected chi connectivity index (χ0v) is 18.9. The molecular formula is C25H21N3O7. The van der Waals surface area contributed by atoms with Gasteiger partial charge in [0.1, 0.15) is 12.0 Å². The van der Waals surface area contributed by atoms with Crippen LogP contribution in [0.4, 0.5) is 17.1 Å². The number of fused-ring (bicyclic) bond motifs is 1. The van der Waals surface area contributed by atoms with Gasteiger partial charge in [-0.05, 0) is 30.3 Å². The Kier molecular flexibility index (Phi) is 5.58. The van der Waals surface area contributed by atoms with Crippen LogP contribution in [0.1, 0.15) is 11.6 Å². The fraction of sp³-hybridized carbons (Fsp3) is 0.200. The van der Waals surface area contributed by atoms with Crippen LogP contribution in [0.3, 0.4) is 0 Å².